The number of H-pyrrole nitrogens is 1. The van der Waals surface area contributed by atoms with Gasteiger partial charge in [-0.2, -0.15) is 0 Å². The standard InChI is InChI=1S/C23H29ClN6O/c1-14-10-18-17(12-30(14)19-11-20(24)28-21-16(19)4-7-25-21)22(27-13-26-18)29-8-5-15(6-9-29)23(2,3)31/h4,7,11,13-15,31H,5-6,8-10,12H2,1-3H3,(H,25,28)/t14-/m1/s1. The van der Waals surface area contributed by atoms with Crippen molar-refractivity contribution in [3.05, 3.63) is 41.1 Å². The normalized spacial score (nSPS) is 20.4. The lowest BCUT2D eigenvalue weighted by atomic mass is 9.83. The Kier molecular flexibility index (Phi) is 5.06. The van der Waals surface area contributed by atoms with E-state index in [0.717, 1.165) is 67.1 Å². The Morgan fingerprint density at radius 3 is 2.74 bits per heavy atom. The van der Waals surface area contributed by atoms with E-state index in [4.69, 9.17) is 16.6 Å². The largest absolute Gasteiger partial charge is 0.390 e. The van der Waals surface area contributed by atoms with Gasteiger partial charge in [0.15, 0.2) is 0 Å². The van der Waals surface area contributed by atoms with E-state index in [1.165, 1.54) is 5.56 Å². The van der Waals surface area contributed by atoms with Gasteiger partial charge in [-0.1, -0.05) is 11.6 Å². The molecule has 0 aromatic carbocycles. The lowest BCUT2D eigenvalue weighted by Crippen LogP contribution is -2.44. The quantitative estimate of drug-likeness (QED) is 0.600. The van der Waals surface area contributed by atoms with Crippen molar-refractivity contribution in [1.29, 1.82) is 0 Å². The van der Waals surface area contributed by atoms with Crippen LogP contribution in [0.4, 0.5) is 11.5 Å². The maximum absolute atomic E-state index is 10.4. The van der Waals surface area contributed by atoms with Gasteiger partial charge in [-0.3, -0.25) is 0 Å². The lowest BCUT2D eigenvalue weighted by molar-refractivity contribution is 0.00644. The zero-order chi connectivity index (χ0) is 21.8. The van der Waals surface area contributed by atoms with E-state index < -0.39 is 5.60 Å². The maximum atomic E-state index is 10.4. The van der Waals surface area contributed by atoms with Gasteiger partial charge in [-0.15, -0.1) is 0 Å². The fraction of sp³-hybridized carbons (Fsp3) is 0.522. The highest BCUT2D eigenvalue weighted by atomic mass is 35.5. The van der Waals surface area contributed by atoms with Crippen molar-refractivity contribution in [2.24, 2.45) is 5.92 Å². The molecule has 3 aromatic rings. The highest BCUT2D eigenvalue weighted by molar-refractivity contribution is 6.30. The van der Waals surface area contributed by atoms with Gasteiger partial charge in [-0.05, 0) is 51.7 Å². The first-order chi connectivity index (χ1) is 14.8. The number of rotatable bonds is 3. The summed E-state index contributed by atoms with van der Waals surface area (Å²) in [6.07, 6.45) is 6.39. The fourth-order valence-corrected chi connectivity index (χ4v) is 5.30. The van der Waals surface area contributed by atoms with Crippen LogP contribution in [0, 0.1) is 5.92 Å². The molecule has 3 aromatic heterocycles. The molecule has 7 nitrogen and oxygen atoms in total. The van der Waals surface area contributed by atoms with Crippen molar-refractivity contribution in [3.63, 3.8) is 0 Å². The Morgan fingerprint density at radius 1 is 1.23 bits per heavy atom. The number of aromatic nitrogens is 4. The number of pyridine rings is 1. The first-order valence-corrected chi connectivity index (χ1v) is 11.4. The van der Waals surface area contributed by atoms with Crippen molar-refractivity contribution in [1.82, 2.24) is 19.9 Å². The molecule has 0 saturated carbocycles. The number of hydrogen-bond acceptors (Lipinski definition) is 6. The lowest BCUT2D eigenvalue weighted by Gasteiger charge is -2.41. The monoisotopic (exact) mass is 440 g/mol. The SMILES string of the molecule is C[C@@H]1Cc2ncnc(N3CCC(C(C)(C)O)CC3)c2CN1c1cc(Cl)nc2[nH]ccc12. The summed E-state index contributed by atoms with van der Waals surface area (Å²) in [7, 11) is 0. The van der Waals surface area contributed by atoms with E-state index in [1.54, 1.807) is 6.33 Å². The minimum Gasteiger partial charge on any atom is -0.390 e. The van der Waals surface area contributed by atoms with E-state index >= 15 is 0 Å². The van der Waals surface area contributed by atoms with Crippen LogP contribution in [0.5, 0.6) is 0 Å². The molecule has 5 rings (SSSR count). The molecule has 1 saturated heterocycles. The van der Waals surface area contributed by atoms with E-state index in [2.05, 4.69) is 37.7 Å². The summed E-state index contributed by atoms with van der Waals surface area (Å²) in [6, 6.07) is 4.30. The number of fused-ring (bicyclic) bond motifs is 2. The molecule has 2 aliphatic rings. The third-order valence-electron chi connectivity index (χ3n) is 6.94. The van der Waals surface area contributed by atoms with Gasteiger partial charge < -0.3 is 19.9 Å². The summed E-state index contributed by atoms with van der Waals surface area (Å²) in [4.78, 5) is 21.7. The number of aliphatic hydroxyl groups is 1. The van der Waals surface area contributed by atoms with Gasteiger partial charge in [0, 0.05) is 49.2 Å². The first kappa shape index (κ1) is 20.5. The average molecular weight is 441 g/mol. The molecular formula is C23H29ClN6O. The van der Waals surface area contributed by atoms with Crippen LogP contribution in [0.15, 0.2) is 24.7 Å². The first-order valence-electron chi connectivity index (χ1n) is 11.0. The highest BCUT2D eigenvalue weighted by Gasteiger charge is 2.34. The van der Waals surface area contributed by atoms with Crippen LogP contribution in [0.1, 0.15) is 44.9 Å². The van der Waals surface area contributed by atoms with E-state index in [1.807, 2.05) is 26.1 Å². The zero-order valence-corrected chi connectivity index (χ0v) is 19.0. The Balaban J connectivity index is 1.47. The molecule has 164 valence electrons. The molecular weight excluding hydrogens is 412 g/mol. The van der Waals surface area contributed by atoms with Crippen LogP contribution < -0.4 is 9.80 Å². The molecule has 8 heteroatoms. The molecule has 31 heavy (non-hydrogen) atoms. The fourth-order valence-electron chi connectivity index (χ4n) is 5.11. The number of aromatic amines is 1. The molecule has 0 unspecified atom stereocenters. The predicted octanol–water partition coefficient (Wildman–Crippen LogP) is 3.94. The van der Waals surface area contributed by atoms with Crippen molar-refractivity contribution in [2.45, 2.75) is 58.2 Å². The maximum Gasteiger partial charge on any atom is 0.141 e. The number of nitrogens with zero attached hydrogens (tertiary/aromatic N) is 5. The summed E-state index contributed by atoms with van der Waals surface area (Å²) < 4.78 is 0. The van der Waals surface area contributed by atoms with Crippen molar-refractivity contribution in [2.75, 3.05) is 22.9 Å². The number of hydrogen-bond donors (Lipinski definition) is 2. The summed E-state index contributed by atoms with van der Waals surface area (Å²) in [5.74, 6) is 1.35. The van der Waals surface area contributed by atoms with Crippen molar-refractivity contribution >= 4 is 34.1 Å². The van der Waals surface area contributed by atoms with Gasteiger partial charge in [-0.25, -0.2) is 15.0 Å². The zero-order valence-electron chi connectivity index (χ0n) is 18.3. The van der Waals surface area contributed by atoms with Crippen molar-refractivity contribution < 1.29 is 5.11 Å². The topological polar surface area (TPSA) is 81.2 Å². The Morgan fingerprint density at radius 2 is 2.00 bits per heavy atom. The van der Waals surface area contributed by atoms with Crippen LogP contribution in [-0.4, -0.2) is 49.8 Å². The van der Waals surface area contributed by atoms with Crippen LogP contribution in [0.25, 0.3) is 11.0 Å². The van der Waals surface area contributed by atoms with Crippen LogP contribution >= 0.6 is 11.6 Å². The summed E-state index contributed by atoms with van der Waals surface area (Å²) in [5.41, 5.74) is 3.58. The van der Waals surface area contributed by atoms with Crippen molar-refractivity contribution in [3.8, 4) is 0 Å². The van der Waals surface area contributed by atoms with E-state index in [9.17, 15) is 5.11 Å². The van der Waals surface area contributed by atoms with E-state index in [-0.39, 0.29) is 6.04 Å². The molecule has 1 fully saturated rings. The average Bonchev–Trinajstić information content (AvgIpc) is 3.20. The summed E-state index contributed by atoms with van der Waals surface area (Å²) in [6.45, 7) is 8.60. The Bertz CT molecular complexity index is 1100. The van der Waals surface area contributed by atoms with Crippen LogP contribution in [0.3, 0.4) is 0 Å². The Hall–Kier alpha value is -2.38. The van der Waals surface area contributed by atoms with Gasteiger partial charge >= 0.3 is 0 Å². The Labute approximate surface area is 187 Å². The highest BCUT2D eigenvalue weighted by Crippen LogP contribution is 2.37. The summed E-state index contributed by atoms with van der Waals surface area (Å²) >= 11 is 6.34. The number of halogens is 1. The number of anilines is 2. The van der Waals surface area contributed by atoms with Crippen LogP contribution in [-0.2, 0) is 13.0 Å². The molecule has 0 amide bonds. The minimum absolute atomic E-state index is 0.285. The second kappa shape index (κ2) is 7.64. The smallest absolute Gasteiger partial charge is 0.141 e. The summed E-state index contributed by atoms with van der Waals surface area (Å²) in [5, 5.41) is 12.0. The molecule has 1 atom stereocenters. The second-order valence-corrected chi connectivity index (χ2v) is 9.81. The van der Waals surface area contributed by atoms with Gasteiger partial charge in [0.1, 0.15) is 22.9 Å². The van der Waals surface area contributed by atoms with Gasteiger partial charge in [0.25, 0.3) is 0 Å². The van der Waals surface area contributed by atoms with Gasteiger partial charge in [0.05, 0.1) is 17.0 Å². The molecule has 2 N–H and O–H groups in total. The molecule has 0 bridgehead atoms. The molecule has 5 heterocycles. The molecule has 0 radical (unpaired) electrons. The third kappa shape index (κ3) is 3.74. The predicted molar refractivity (Wildman–Crippen MR) is 124 cm³/mol. The second-order valence-electron chi connectivity index (χ2n) is 9.42. The molecule has 2 aliphatic heterocycles. The van der Waals surface area contributed by atoms with Gasteiger partial charge in [0.2, 0.25) is 0 Å². The third-order valence-corrected chi connectivity index (χ3v) is 7.13. The minimum atomic E-state index is -0.633. The molecule has 0 spiro atoms. The van der Waals surface area contributed by atoms with Crippen LogP contribution in [0.2, 0.25) is 5.15 Å². The molecule has 0 aliphatic carbocycles. The van der Waals surface area contributed by atoms with E-state index in [0.29, 0.717) is 11.1 Å². The number of nitrogens with one attached hydrogen (secondary N) is 1. The number of piperidine rings is 1.